The maximum absolute atomic E-state index is 12.8. The Hall–Kier alpha value is -4.95. The smallest absolute Gasteiger partial charge is 0.474 e. The Kier molecular flexibility index (Phi) is 11.1. The number of likely N-dealkylation sites (tertiary alicyclic amines) is 1. The molecule has 240 valence electrons. The minimum absolute atomic E-state index is 0.0280. The van der Waals surface area contributed by atoms with Gasteiger partial charge in [-0.3, -0.25) is 14.4 Å². The van der Waals surface area contributed by atoms with Gasteiger partial charge in [0.2, 0.25) is 17.7 Å². The fourth-order valence-electron chi connectivity index (χ4n) is 4.75. The van der Waals surface area contributed by atoms with Gasteiger partial charge in [0, 0.05) is 69.8 Å². The van der Waals surface area contributed by atoms with Crippen molar-refractivity contribution in [2.75, 3.05) is 19.6 Å². The molecule has 1 saturated heterocycles. The van der Waals surface area contributed by atoms with E-state index in [1.807, 2.05) is 4.57 Å². The lowest BCUT2D eigenvalue weighted by atomic mass is 10.1. The zero-order valence-corrected chi connectivity index (χ0v) is 24.3. The van der Waals surface area contributed by atoms with Gasteiger partial charge in [-0.05, 0) is 30.2 Å². The SMILES string of the molecule is NC(=O)c1cc(-c2cn(CCCC(=O)NCCC=O)cn2)cnc1OC1CCN(C(=O)Cc2ccc(OC(F)(F)F)cc2)CC1. The molecule has 0 bridgehead atoms. The Morgan fingerprint density at radius 2 is 1.84 bits per heavy atom. The van der Waals surface area contributed by atoms with E-state index < -0.39 is 12.3 Å². The summed E-state index contributed by atoms with van der Waals surface area (Å²) in [4.78, 5) is 57.5. The molecule has 0 radical (unpaired) electrons. The number of rotatable bonds is 14. The summed E-state index contributed by atoms with van der Waals surface area (Å²) in [5.41, 5.74) is 7.38. The second-order valence-corrected chi connectivity index (χ2v) is 10.4. The van der Waals surface area contributed by atoms with Crippen molar-refractivity contribution < 1.29 is 41.8 Å². The number of aldehydes is 1. The van der Waals surface area contributed by atoms with Gasteiger partial charge in [-0.1, -0.05) is 12.1 Å². The van der Waals surface area contributed by atoms with E-state index in [4.69, 9.17) is 10.5 Å². The summed E-state index contributed by atoms with van der Waals surface area (Å²) in [7, 11) is 0. The minimum atomic E-state index is -4.79. The molecule has 4 rings (SSSR count). The van der Waals surface area contributed by atoms with Crippen LogP contribution >= 0.6 is 0 Å². The van der Waals surface area contributed by atoms with E-state index in [0.29, 0.717) is 68.7 Å². The zero-order valence-electron chi connectivity index (χ0n) is 24.3. The molecule has 3 aromatic rings. The molecule has 1 aliphatic heterocycles. The summed E-state index contributed by atoms with van der Waals surface area (Å²) in [6, 6.07) is 6.73. The minimum Gasteiger partial charge on any atom is -0.474 e. The topological polar surface area (TPSA) is 159 Å². The van der Waals surface area contributed by atoms with Crippen LogP contribution in [0.1, 0.15) is 48.0 Å². The first-order valence-corrected chi connectivity index (χ1v) is 14.3. The predicted molar refractivity (Wildman–Crippen MR) is 154 cm³/mol. The van der Waals surface area contributed by atoms with Gasteiger partial charge < -0.3 is 34.8 Å². The molecule has 1 aromatic carbocycles. The van der Waals surface area contributed by atoms with Crippen LogP contribution < -0.4 is 20.5 Å². The van der Waals surface area contributed by atoms with E-state index in [-0.39, 0.29) is 48.0 Å². The first kappa shape index (κ1) is 33.0. The maximum atomic E-state index is 12.8. The first-order chi connectivity index (χ1) is 21.5. The quantitative estimate of drug-likeness (QED) is 0.203. The molecule has 15 heteroatoms. The highest BCUT2D eigenvalue weighted by atomic mass is 19.4. The van der Waals surface area contributed by atoms with Gasteiger partial charge in [0.25, 0.3) is 5.91 Å². The fraction of sp³-hybridized carbons (Fsp3) is 0.400. The Bertz CT molecular complexity index is 1490. The van der Waals surface area contributed by atoms with Gasteiger partial charge in [0.05, 0.1) is 18.4 Å². The van der Waals surface area contributed by atoms with Gasteiger partial charge in [0.15, 0.2) is 0 Å². The molecule has 0 unspecified atom stereocenters. The molecule has 0 spiro atoms. The number of pyridine rings is 1. The van der Waals surface area contributed by atoms with E-state index in [1.54, 1.807) is 23.5 Å². The number of nitrogens with one attached hydrogen (secondary N) is 1. The Labute approximate surface area is 256 Å². The van der Waals surface area contributed by atoms with Gasteiger partial charge in [-0.25, -0.2) is 9.97 Å². The molecule has 12 nitrogen and oxygen atoms in total. The van der Waals surface area contributed by atoms with Crippen LogP contribution in [0.3, 0.4) is 0 Å². The monoisotopic (exact) mass is 630 g/mol. The summed E-state index contributed by atoms with van der Waals surface area (Å²) in [6.07, 6.45) is 2.68. The number of carbonyl (C=O) groups is 4. The predicted octanol–water partition coefficient (Wildman–Crippen LogP) is 3.04. The van der Waals surface area contributed by atoms with E-state index in [0.717, 1.165) is 6.29 Å². The number of aryl methyl sites for hydroxylation is 1. The number of carbonyl (C=O) groups excluding carboxylic acids is 4. The molecule has 3 heterocycles. The zero-order chi connectivity index (χ0) is 32.4. The number of halogens is 3. The molecule has 1 aliphatic rings. The molecule has 3 amide bonds. The van der Waals surface area contributed by atoms with Gasteiger partial charge in [0.1, 0.15) is 23.7 Å². The number of hydrogen-bond acceptors (Lipinski definition) is 8. The Balaban J connectivity index is 1.28. The van der Waals surface area contributed by atoms with Crippen molar-refractivity contribution >= 4 is 24.0 Å². The molecular weight excluding hydrogens is 597 g/mol. The molecule has 1 fully saturated rings. The Morgan fingerprint density at radius 3 is 2.51 bits per heavy atom. The van der Waals surface area contributed by atoms with Crippen molar-refractivity contribution in [2.45, 2.75) is 57.5 Å². The van der Waals surface area contributed by atoms with Crippen molar-refractivity contribution in [2.24, 2.45) is 5.73 Å². The van der Waals surface area contributed by atoms with E-state index >= 15 is 0 Å². The van der Waals surface area contributed by atoms with Crippen molar-refractivity contribution in [1.82, 2.24) is 24.8 Å². The number of amides is 3. The summed E-state index contributed by atoms with van der Waals surface area (Å²) in [5.74, 6) is -1.30. The molecule has 3 N–H and O–H groups in total. The lowest BCUT2D eigenvalue weighted by molar-refractivity contribution is -0.274. The number of nitrogens with zero attached hydrogens (tertiary/aromatic N) is 4. The van der Waals surface area contributed by atoms with Crippen LogP contribution in [0.5, 0.6) is 11.6 Å². The van der Waals surface area contributed by atoms with Crippen molar-refractivity contribution in [1.29, 1.82) is 0 Å². The molecule has 45 heavy (non-hydrogen) atoms. The highest BCUT2D eigenvalue weighted by Gasteiger charge is 2.31. The van der Waals surface area contributed by atoms with Crippen molar-refractivity contribution in [3.63, 3.8) is 0 Å². The summed E-state index contributed by atoms with van der Waals surface area (Å²) in [6.45, 7) is 1.63. The molecule has 0 atom stereocenters. The van der Waals surface area contributed by atoms with Crippen LogP contribution in [-0.2, 0) is 27.3 Å². The third-order valence-corrected chi connectivity index (χ3v) is 7.04. The van der Waals surface area contributed by atoms with Crippen LogP contribution in [0.25, 0.3) is 11.3 Å². The van der Waals surface area contributed by atoms with Crippen LogP contribution in [0.2, 0.25) is 0 Å². The van der Waals surface area contributed by atoms with Crippen molar-refractivity contribution in [3.05, 3.63) is 60.2 Å². The van der Waals surface area contributed by atoms with Gasteiger partial charge in [-0.15, -0.1) is 13.2 Å². The molecule has 2 aromatic heterocycles. The average molecular weight is 631 g/mol. The van der Waals surface area contributed by atoms with Crippen LogP contribution in [0, 0.1) is 0 Å². The van der Waals surface area contributed by atoms with E-state index in [9.17, 15) is 32.3 Å². The molecule has 0 saturated carbocycles. The largest absolute Gasteiger partial charge is 0.573 e. The number of imidazole rings is 1. The van der Waals surface area contributed by atoms with Crippen LogP contribution in [0.4, 0.5) is 13.2 Å². The van der Waals surface area contributed by atoms with E-state index in [2.05, 4.69) is 20.0 Å². The lowest BCUT2D eigenvalue weighted by Crippen LogP contribution is -2.42. The number of nitrogens with two attached hydrogens (primary N) is 1. The standard InChI is InChI=1S/C30H33F3N6O6/c31-30(32,33)45-23-6-4-20(5-7-23)15-27(42)39-12-8-22(9-13-39)44-29-24(28(34)43)16-21(17-36-29)25-18-38(19-37-25)11-1-3-26(41)35-10-2-14-40/h4-7,14,16-19,22H,1-3,8-13,15H2,(H2,34,43)(H,35,41). The second kappa shape index (κ2) is 15.2. The van der Waals surface area contributed by atoms with Gasteiger partial charge in [-0.2, -0.15) is 0 Å². The first-order valence-electron chi connectivity index (χ1n) is 14.3. The van der Waals surface area contributed by atoms with Crippen LogP contribution in [0.15, 0.2) is 49.1 Å². The third-order valence-electron chi connectivity index (χ3n) is 7.04. The number of aromatic nitrogens is 3. The fourth-order valence-corrected chi connectivity index (χ4v) is 4.75. The Morgan fingerprint density at radius 1 is 1.11 bits per heavy atom. The number of hydrogen-bond donors (Lipinski definition) is 2. The number of ether oxygens (including phenoxy) is 2. The summed E-state index contributed by atoms with van der Waals surface area (Å²) < 4.78 is 48.8. The maximum Gasteiger partial charge on any atom is 0.573 e. The highest BCUT2D eigenvalue weighted by Crippen LogP contribution is 2.27. The summed E-state index contributed by atoms with van der Waals surface area (Å²) in [5, 5.41) is 2.67. The number of alkyl halides is 3. The lowest BCUT2D eigenvalue weighted by Gasteiger charge is -2.32. The second-order valence-electron chi connectivity index (χ2n) is 10.4. The van der Waals surface area contributed by atoms with Crippen molar-refractivity contribution in [3.8, 4) is 22.9 Å². The molecular formula is C30H33F3N6O6. The highest BCUT2D eigenvalue weighted by molar-refractivity contribution is 5.96. The van der Waals surface area contributed by atoms with Gasteiger partial charge >= 0.3 is 6.36 Å². The third kappa shape index (κ3) is 10.0. The average Bonchev–Trinajstić information content (AvgIpc) is 3.47. The number of primary amides is 1. The normalized spacial score (nSPS) is 13.7. The number of piperidine rings is 1. The van der Waals surface area contributed by atoms with Crippen LogP contribution in [-0.4, -0.2) is 75.5 Å². The molecule has 0 aliphatic carbocycles. The summed E-state index contributed by atoms with van der Waals surface area (Å²) >= 11 is 0. The number of benzene rings is 1. The van der Waals surface area contributed by atoms with E-state index in [1.165, 1.54) is 30.5 Å².